The Hall–Kier alpha value is -1.10. The fourth-order valence-electron chi connectivity index (χ4n) is 0.935. The molecule has 68 valence electrons. The lowest BCUT2D eigenvalue weighted by Crippen LogP contribution is -1.83. The van der Waals surface area contributed by atoms with Gasteiger partial charge in [0.25, 0.3) is 5.89 Å². The Labute approximate surface area is 83.1 Å². The Morgan fingerprint density at radius 3 is 3.00 bits per heavy atom. The van der Waals surface area contributed by atoms with Crippen LogP contribution in [0.25, 0.3) is 11.7 Å². The monoisotopic (exact) mass is 242 g/mol. The fourth-order valence-corrected chi connectivity index (χ4v) is 1.27. The summed E-state index contributed by atoms with van der Waals surface area (Å²) < 4.78 is 10.4. The summed E-state index contributed by atoms with van der Waals surface area (Å²) in [5.74, 6) is 1.65. The third-order valence-electron chi connectivity index (χ3n) is 1.51. The molecule has 0 aromatic carbocycles. The first-order chi connectivity index (χ1) is 6.40. The summed E-state index contributed by atoms with van der Waals surface area (Å²) in [6.45, 7) is 0. The molecule has 4 nitrogen and oxygen atoms in total. The summed E-state index contributed by atoms with van der Waals surface area (Å²) in [7, 11) is 0. The van der Waals surface area contributed by atoms with Crippen LogP contribution >= 0.6 is 15.9 Å². The van der Waals surface area contributed by atoms with Crippen LogP contribution in [0.1, 0.15) is 5.89 Å². The van der Waals surface area contributed by atoms with Crippen molar-refractivity contribution >= 4 is 15.9 Å². The highest BCUT2D eigenvalue weighted by atomic mass is 79.9. The predicted molar refractivity (Wildman–Crippen MR) is 49.5 cm³/mol. The van der Waals surface area contributed by atoms with Crippen molar-refractivity contribution in [2.24, 2.45) is 0 Å². The highest BCUT2D eigenvalue weighted by Gasteiger charge is 2.09. The third-order valence-corrected chi connectivity index (χ3v) is 1.90. The number of hydrogen-bond donors (Lipinski definition) is 0. The largest absolute Gasteiger partial charge is 0.459 e. The van der Waals surface area contributed by atoms with Crippen LogP contribution in [0.5, 0.6) is 0 Å². The quantitative estimate of drug-likeness (QED) is 0.776. The summed E-state index contributed by atoms with van der Waals surface area (Å²) in [5.41, 5.74) is 0. The maximum atomic E-state index is 5.32. The fraction of sp³-hybridized carbons (Fsp3) is 0.250. The van der Waals surface area contributed by atoms with Gasteiger partial charge >= 0.3 is 0 Å². The smallest absolute Gasteiger partial charge is 0.283 e. The molecule has 0 fully saturated rings. The Morgan fingerprint density at radius 1 is 1.38 bits per heavy atom. The van der Waals surface area contributed by atoms with Crippen molar-refractivity contribution in [3.8, 4) is 11.7 Å². The molecule has 0 atom stereocenters. The molecule has 0 spiro atoms. The van der Waals surface area contributed by atoms with Crippen molar-refractivity contribution in [2.75, 3.05) is 5.33 Å². The molecule has 0 saturated heterocycles. The summed E-state index contributed by atoms with van der Waals surface area (Å²) in [6.07, 6.45) is 2.30. The summed E-state index contributed by atoms with van der Waals surface area (Å²) in [5, 5.41) is 8.51. The normalized spacial score (nSPS) is 10.5. The van der Waals surface area contributed by atoms with E-state index in [1.165, 1.54) is 0 Å². The number of furan rings is 1. The van der Waals surface area contributed by atoms with Crippen molar-refractivity contribution < 1.29 is 8.83 Å². The van der Waals surface area contributed by atoms with Crippen LogP contribution in [0.4, 0.5) is 0 Å². The first-order valence-corrected chi connectivity index (χ1v) is 4.94. The van der Waals surface area contributed by atoms with Crippen molar-refractivity contribution in [1.29, 1.82) is 0 Å². The van der Waals surface area contributed by atoms with Gasteiger partial charge < -0.3 is 8.83 Å². The third kappa shape index (κ3) is 1.80. The number of alkyl halides is 1. The van der Waals surface area contributed by atoms with Gasteiger partial charge in [-0.2, -0.15) is 0 Å². The van der Waals surface area contributed by atoms with Crippen molar-refractivity contribution in [3.05, 3.63) is 24.3 Å². The Kier molecular flexibility index (Phi) is 2.44. The topological polar surface area (TPSA) is 52.1 Å². The van der Waals surface area contributed by atoms with E-state index >= 15 is 0 Å². The number of halogens is 1. The minimum Gasteiger partial charge on any atom is -0.459 e. The van der Waals surface area contributed by atoms with Crippen molar-refractivity contribution in [2.45, 2.75) is 6.42 Å². The van der Waals surface area contributed by atoms with E-state index in [2.05, 4.69) is 26.1 Å². The molecule has 0 saturated carbocycles. The van der Waals surface area contributed by atoms with E-state index in [0.717, 1.165) is 11.8 Å². The Morgan fingerprint density at radius 2 is 2.31 bits per heavy atom. The SMILES string of the molecule is BrCCc1nnc(-c2ccco2)o1. The second-order valence-electron chi connectivity index (χ2n) is 2.42. The summed E-state index contributed by atoms with van der Waals surface area (Å²) in [6, 6.07) is 3.56. The van der Waals surface area contributed by atoms with Crippen LogP contribution in [0.15, 0.2) is 27.2 Å². The highest BCUT2D eigenvalue weighted by molar-refractivity contribution is 9.09. The van der Waals surface area contributed by atoms with Crippen LogP contribution in [0.3, 0.4) is 0 Å². The van der Waals surface area contributed by atoms with Gasteiger partial charge in [-0.25, -0.2) is 0 Å². The molecule has 2 aromatic heterocycles. The van der Waals surface area contributed by atoms with E-state index in [0.29, 0.717) is 17.5 Å². The van der Waals surface area contributed by atoms with Crippen LogP contribution in [0.2, 0.25) is 0 Å². The van der Waals surface area contributed by atoms with E-state index in [-0.39, 0.29) is 0 Å². The molecule has 0 bridgehead atoms. The van der Waals surface area contributed by atoms with E-state index in [9.17, 15) is 0 Å². The number of rotatable bonds is 3. The molecule has 2 rings (SSSR count). The molecule has 0 unspecified atom stereocenters. The molecule has 5 heteroatoms. The zero-order chi connectivity index (χ0) is 9.10. The van der Waals surface area contributed by atoms with E-state index in [1.807, 2.05) is 0 Å². The zero-order valence-electron chi connectivity index (χ0n) is 6.74. The van der Waals surface area contributed by atoms with Gasteiger partial charge in [0.1, 0.15) is 0 Å². The van der Waals surface area contributed by atoms with Crippen LogP contribution in [0, 0.1) is 0 Å². The number of hydrogen-bond acceptors (Lipinski definition) is 4. The molecule has 0 aliphatic rings. The minimum atomic E-state index is 0.431. The van der Waals surface area contributed by atoms with Gasteiger partial charge in [0.15, 0.2) is 5.76 Å². The molecule has 2 aromatic rings. The van der Waals surface area contributed by atoms with Gasteiger partial charge in [-0.1, -0.05) is 15.9 Å². The van der Waals surface area contributed by atoms with Crippen LogP contribution in [-0.2, 0) is 6.42 Å². The van der Waals surface area contributed by atoms with E-state index < -0.39 is 0 Å². The van der Waals surface area contributed by atoms with E-state index in [4.69, 9.17) is 8.83 Å². The molecule has 0 N–H and O–H groups in total. The van der Waals surface area contributed by atoms with Gasteiger partial charge in [0.2, 0.25) is 5.89 Å². The molecule has 0 aliphatic carbocycles. The number of aromatic nitrogens is 2. The average Bonchev–Trinajstić information content (AvgIpc) is 2.70. The van der Waals surface area contributed by atoms with Gasteiger partial charge in [-0.15, -0.1) is 10.2 Å². The second kappa shape index (κ2) is 3.74. The highest BCUT2D eigenvalue weighted by Crippen LogP contribution is 2.17. The molecule has 13 heavy (non-hydrogen) atoms. The lowest BCUT2D eigenvalue weighted by atomic mass is 10.4. The van der Waals surface area contributed by atoms with Crippen LogP contribution in [-0.4, -0.2) is 15.5 Å². The molecule has 0 aliphatic heterocycles. The first kappa shape index (κ1) is 8.50. The standard InChI is InChI=1S/C8H7BrN2O2/c9-4-3-7-10-11-8(13-7)6-2-1-5-12-6/h1-2,5H,3-4H2. The lowest BCUT2D eigenvalue weighted by molar-refractivity contribution is 0.485. The van der Waals surface area contributed by atoms with Crippen molar-refractivity contribution in [3.63, 3.8) is 0 Å². The van der Waals surface area contributed by atoms with Crippen molar-refractivity contribution in [1.82, 2.24) is 10.2 Å². The number of nitrogens with zero attached hydrogens (tertiary/aromatic N) is 2. The number of aryl methyl sites for hydroxylation is 1. The molecular weight excluding hydrogens is 236 g/mol. The summed E-state index contributed by atoms with van der Waals surface area (Å²) >= 11 is 3.29. The first-order valence-electron chi connectivity index (χ1n) is 3.82. The lowest BCUT2D eigenvalue weighted by Gasteiger charge is -1.86. The Bertz CT molecular complexity index is 369. The summed E-state index contributed by atoms with van der Waals surface area (Å²) in [4.78, 5) is 0. The Balaban J connectivity index is 2.23. The second-order valence-corrected chi connectivity index (χ2v) is 3.21. The van der Waals surface area contributed by atoms with Crippen LogP contribution < -0.4 is 0 Å². The zero-order valence-corrected chi connectivity index (χ0v) is 8.32. The molecular formula is C8H7BrN2O2. The van der Waals surface area contributed by atoms with E-state index in [1.54, 1.807) is 18.4 Å². The van der Waals surface area contributed by atoms with Gasteiger partial charge in [-0.3, -0.25) is 0 Å². The average molecular weight is 243 g/mol. The van der Waals surface area contributed by atoms with Gasteiger partial charge in [0.05, 0.1) is 6.26 Å². The maximum Gasteiger partial charge on any atom is 0.283 e. The van der Waals surface area contributed by atoms with Gasteiger partial charge in [0, 0.05) is 11.8 Å². The molecule has 0 amide bonds. The van der Waals surface area contributed by atoms with Gasteiger partial charge in [-0.05, 0) is 12.1 Å². The maximum absolute atomic E-state index is 5.32. The molecule has 2 heterocycles. The molecule has 0 radical (unpaired) electrons. The minimum absolute atomic E-state index is 0.431. The predicted octanol–water partition coefficient (Wildman–Crippen LogP) is 2.27.